The fraction of sp³-hybridized carbons (Fsp3) is 0. The Kier molecular flexibility index (Phi) is 7.82. The SMILES string of the molecule is c1ccc(N(c2ccccc2)c2ccc(-c3cc(-c4ccc5c(c4)c4ccccc4n5-c4ccccc4)c4c(c3)c3ccccc3n4-c3ccccc3)cc2)cc1. The summed E-state index contributed by atoms with van der Waals surface area (Å²) in [6, 6.07) is 81.1. The van der Waals surface area contributed by atoms with Crippen LogP contribution in [0.5, 0.6) is 0 Å². The molecular formula is C54H37N3. The van der Waals surface area contributed by atoms with Gasteiger partial charge in [0.2, 0.25) is 0 Å². The van der Waals surface area contributed by atoms with Crippen molar-refractivity contribution in [3.05, 3.63) is 224 Å². The summed E-state index contributed by atoms with van der Waals surface area (Å²) in [4.78, 5) is 2.31. The maximum absolute atomic E-state index is 2.45. The van der Waals surface area contributed by atoms with Crippen molar-refractivity contribution in [2.75, 3.05) is 4.90 Å². The van der Waals surface area contributed by atoms with E-state index in [9.17, 15) is 0 Å². The number of aromatic nitrogens is 2. The molecule has 3 nitrogen and oxygen atoms in total. The van der Waals surface area contributed by atoms with Gasteiger partial charge in [-0.25, -0.2) is 0 Å². The average molecular weight is 728 g/mol. The van der Waals surface area contributed by atoms with Crippen molar-refractivity contribution in [3.63, 3.8) is 0 Å². The van der Waals surface area contributed by atoms with Gasteiger partial charge in [-0.3, -0.25) is 0 Å². The number of nitrogens with zero attached hydrogens (tertiary/aromatic N) is 3. The first-order valence-corrected chi connectivity index (χ1v) is 19.5. The van der Waals surface area contributed by atoms with Crippen LogP contribution in [0, 0.1) is 0 Å². The highest BCUT2D eigenvalue weighted by molar-refractivity contribution is 6.17. The smallest absolute Gasteiger partial charge is 0.0619 e. The Morgan fingerprint density at radius 1 is 0.281 bits per heavy atom. The predicted octanol–water partition coefficient (Wildman–Crippen LogP) is 14.7. The lowest BCUT2D eigenvalue weighted by molar-refractivity contribution is 1.18. The summed E-state index contributed by atoms with van der Waals surface area (Å²) in [7, 11) is 0. The number of anilines is 3. The van der Waals surface area contributed by atoms with E-state index in [0.717, 1.165) is 28.4 Å². The van der Waals surface area contributed by atoms with Crippen LogP contribution in [0.25, 0.3) is 77.2 Å². The Hall–Kier alpha value is -7.62. The Morgan fingerprint density at radius 3 is 1.33 bits per heavy atom. The fourth-order valence-electron chi connectivity index (χ4n) is 8.73. The van der Waals surface area contributed by atoms with E-state index in [-0.39, 0.29) is 0 Å². The van der Waals surface area contributed by atoms with Gasteiger partial charge in [0.1, 0.15) is 0 Å². The second-order valence-electron chi connectivity index (χ2n) is 14.6. The Bertz CT molecular complexity index is 3160. The molecule has 0 fully saturated rings. The minimum atomic E-state index is 1.11. The zero-order valence-corrected chi connectivity index (χ0v) is 31.2. The van der Waals surface area contributed by atoms with Crippen LogP contribution < -0.4 is 4.90 Å². The van der Waals surface area contributed by atoms with E-state index in [1.807, 2.05) is 0 Å². The monoisotopic (exact) mass is 727 g/mol. The number of fused-ring (bicyclic) bond motifs is 6. The second kappa shape index (κ2) is 13.6. The van der Waals surface area contributed by atoms with Crippen molar-refractivity contribution < 1.29 is 0 Å². The topological polar surface area (TPSA) is 13.1 Å². The van der Waals surface area contributed by atoms with Gasteiger partial charge >= 0.3 is 0 Å². The second-order valence-corrected chi connectivity index (χ2v) is 14.6. The third kappa shape index (κ3) is 5.51. The Morgan fingerprint density at radius 2 is 0.719 bits per heavy atom. The van der Waals surface area contributed by atoms with E-state index >= 15 is 0 Å². The van der Waals surface area contributed by atoms with Gasteiger partial charge in [-0.15, -0.1) is 0 Å². The third-order valence-corrected chi connectivity index (χ3v) is 11.3. The molecule has 11 rings (SSSR count). The summed E-state index contributed by atoms with van der Waals surface area (Å²) < 4.78 is 4.83. The van der Waals surface area contributed by atoms with E-state index < -0.39 is 0 Å². The van der Waals surface area contributed by atoms with Gasteiger partial charge in [-0.2, -0.15) is 0 Å². The first-order chi connectivity index (χ1) is 28.3. The van der Waals surface area contributed by atoms with Crippen molar-refractivity contribution in [3.8, 4) is 33.6 Å². The molecule has 268 valence electrons. The van der Waals surface area contributed by atoms with Gasteiger partial charge in [0.25, 0.3) is 0 Å². The first-order valence-electron chi connectivity index (χ1n) is 19.5. The minimum absolute atomic E-state index is 1.11. The van der Waals surface area contributed by atoms with Crippen LogP contribution in [0.1, 0.15) is 0 Å². The minimum Gasteiger partial charge on any atom is -0.311 e. The Balaban J connectivity index is 1.15. The lowest BCUT2D eigenvalue weighted by Gasteiger charge is -2.25. The zero-order chi connectivity index (χ0) is 37.7. The normalized spacial score (nSPS) is 11.5. The van der Waals surface area contributed by atoms with Crippen LogP contribution in [0.15, 0.2) is 224 Å². The van der Waals surface area contributed by atoms with E-state index in [4.69, 9.17) is 0 Å². The molecule has 0 saturated carbocycles. The van der Waals surface area contributed by atoms with Crippen LogP contribution in [0.3, 0.4) is 0 Å². The fourth-order valence-corrected chi connectivity index (χ4v) is 8.73. The molecule has 0 amide bonds. The summed E-state index contributed by atoms with van der Waals surface area (Å²) >= 11 is 0. The zero-order valence-electron chi connectivity index (χ0n) is 31.2. The number of hydrogen-bond donors (Lipinski definition) is 0. The summed E-state index contributed by atoms with van der Waals surface area (Å²) in [5.41, 5.74) is 15.2. The van der Waals surface area contributed by atoms with E-state index in [0.29, 0.717) is 0 Å². The first kappa shape index (κ1) is 32.8. The highest BCUT2D eigenvalue weighted by Crippen LogP contribution is 2.44. The molecule has 0 aliphatic heterocycles. The number of hydrogen-bond acceptors (Lipinski definition) is 1. The van der Waals surface area contributed by atoms with Crippen LogP contribution >= 0.6 is 0 Å². The van der Waals surface area contributed by atoms with Crippen molar-refractivity contribution in [1.29, 1.82) is 0 Å². The summed E-state index contributed by atoms with van der Waals surface area (Å²) in [5.74, 6) is 0. The quantitative estimate of drug-likeness (QED) is 0.159. The van der Waals surface area contributed by atoms with Crippen molar-refractivity contribution in [2.24, 2.45) is 0 Å². The van der Waals surface area contributed by atoms with E-state index in [1.54, 1.807) is 0 Å². The van der Waals surface area contributed by atoms with E-state index in [2.05, 4.69) is 238 Å². The molecule has 2 aromatic heterocycles. The molecule has 11 aromatic rings. The standard InChI is InChI=1S/C54H37N3/c1-5-17-41(18-6-1)55(42-19-7-2-8-20-42)45-32-29-38(30-33-45)40-36-48(54-50(37-40)47-26-14-16-28-52(47)57(54)44-23-11-4-12-24-44)39-31-34-53-49(35-39)46-25-13-15-27-51(46)56(53)43-21-9-3-10-22-43/h1-37H. The average Bonchev–Trinajstić information content (AvgIpc) is 3.80. The lowest BCUT2D eigenvalue weighted by Crippen LogP contribution is -2.09. The molecule has 0 aliphatic carbocycles. The molecule has 0 radical (unpaired) electrons. The summed E-state index contributed by atoms with van der Waals surface area (Å²) in [6.07, 6.45) is 0. The van der Waals surface area contributed by atoms with Crippen LogP contribution in [-0.4, -0.2) is 9.13 Å². The molecule has 0 N–H and O–H groups in total. The molecule has 2 heterocycles. The Labute approximate surface area is 331 Å². The molecule has 9 aromatic carbocycles. The van der Waals surface area contributed by atoms with Crippen LogP contribution in [0.4, 0.5) is 17.1 Å². The van der Waals surface area contributed by atoms with Crippen LogP contribution in [-0.2, 0) is 0 Å². The van der Waals surface area contributed by atoms with Crippen LogP contribution in [0.2, 0.25) is 0 Å². The summed E-state index contributed by atoms with van der Waals surface area (Å²) in [5, 5.41) is 4.94. The maximum Gasteiger partial charge on any atom is 0.0619 e. The van der Waals surface area contributed by atoms with E-state index in [1.165, 1.54) is 65.9 Å². The predicted molar refractivity (Wildman–Crippen MR) is 241 cm³/mol. The van der Waals surface area contributed by atoms with Gasteiger partial charge in [0, 0.05) is 55.5 Å². The molecular weight excluding hydrogens is 691 g/mol. The molecule has 0 saturated heterocycles. The number of para-hydroxylation sites is 6. The van der Waals surface area contributed by atoms with Crippen molar-refractivity contribution in [1.82, 2.24) is 9.13 Å². The molecule has 0 unspecified atom stereocenters. The molecule has 0 aliphatic rings. The molecule has 0 spiro atoms. The third-order valence-electron chi connectivity index (χ3n) is 11.3. The van der Waals surface area contributed by atoms with Gasteiger partial charge in [-0.05, 0) is 114 Å². The highest BCUT2D eigenvalue weighted by Gasteiger charge is 2.21. The van der Waals surface area contributed by atoms with Gasteiger partial charge < -0.3 is 14.0 Å². The van der Waals surface area contributed by atoms with Gasteiger partial charge in [0.05, 0.1) is 22.1 Å². The van der Waals surface area contributed by atoms with Gasteiger partial charge in [0.15, 0.2) is 0 Å². The number of benzene rings is 9. The maximum atomic E-state index is 2.45. The lowest BCUT2D eigenvalue weighted by atomic mass is 9.94. The summed E-state index contributed by atoms with van der Waals surface area (Å²) in [6.45, 7) is 0. The van der Waals surface area contributed by atoms with Crippen molar-refractivity contribution in [2.45, 2.75) is 0 Å². The molecule has 57 heavy (non-hydrogen) atoms. The molecule has 0 bridgehead atoms. The number of rotatable bonds is 7. The molecule has 3 heteroatoms. The highest BCUT2D eigenvalue weighted by atomic mass is 15.1. The largest absolute Gasteiger partial charge is 0.311 e. The molecule has 0 atom stereocenters. The van der Waals surface area contributed by atoms with Gasteiger partial charge in [-0.1, -0.05) is 127 Å². The van der Waals surface area contributed by atoms with Crippen molar-refractivity contribution >= 4 is 60.7 Å².